The molecule has 0 amide bonds. The Hall–Kier alpha value is -3.57. The highest BCUT2D eigenvalue weighted by Gasteiger charge is 2.33. The zero-order valence-electron chi connectivity index (χ0n) is 18.1. The molecule has 0 spiro atoms. The van der Waals surface area contributed by atoms with Gasteiger partial charge in [-0.05, 0) is 36.2 Å². The third kappa shape index (κ3) is 6.96. The minimum Gasteiger partial charge on any atom is -0.458 e. The lowest BCUT2D eigenvalue weighted by Gasteiger charge is -2.14. The minimum absolute atomic E-state index is 0.0554. The summed E-state index contributed by atoms with van der Waals surface area (Å²) in [4.78, 5) is 12.3. The molecule has 1 heterocycles. The van der Waals surface area contributed by atoms with E-state index in [4.69, 9.17) is 4.74 Å². The third-order valence-electron chi connectivity index (χ3n) is 4.43. The summed E-state index contributed by atoms with van der Waals surface area (Å²) in [7, 11) is 0. The van der Waals surface area contributed by atoms with Crippen molar-refractivity contribution in [2.45, 2.75) is 32.8 Å². The number of anilines is 3. The second kappa shape index (κ2) is 10.1. The number of hydrogen-bond donors (Lipinski definition) is 2. The summed E-state index contributed by atoms with van der Waals surface area (Å²) in [5.41, 5.74) is -1.50. The summed E-state index contributed by atoms with van der Waals surface area (Å²) in [5, 5.41) is 5.72. The van der Waals surface area contributed by atoms with E-state index in [1.165, 1.54) is 30.3 Å². The first-order valence-corrected chi connectivity index (χ1v) is 10.1. The van der Waals surface area contributed by atoms with Gasteiger partial charge in [0.1, 0.15) is 6.61 Å². The predicted octanol–water partition coefficient (Wildman–Crippen LogP) is 6.30. The van der Waals surface area contributed by atoms with E-state index in [0.717, 1.165) is 18.2 Å². The highest BCUT2D eigenvalue weighted by Crippen LogP contribution is 2.32. The maximum Gasteiger partial charge on any atom is 0.416 e. The molecule has 12 heteroatoms. The number of benzene rings is 2. The lowest BCUT2D eigenvalue weighted by molar-refractivity contribution is -0.139. The van der Waals surface area contributed by atoms with E-state index >= 15 is 0 Å². The molecule has 1 aromatic heterocycles. The zero-order valence-corrected chi connectivity index (χ0v) is 18.1. The normalized spacial score (nSPS) is 12.0. The van der Waals surface area contributed by atoms with Gasteiger partial charge >= 0.3 is 18.4 Å². The van der Waals surface area contributed by atoms with Crippen molar-refractivity contribution < 1.29 is 31.1 Å². The Balaban J connectivity index is 1.83. The van der Waals surface area contributed by atoms with Crippen molar-refractivity contribution in [2.75, 3.05) is 17.2 Å². The van der Waals surface area contributed by atoms with Crippen molar-refractivity contribution in [1.29, 1.82) is 0 Å². The van der Waals surface area contributed by atoms with Crippen molar-refractivity contribution in [3.63, 3.8) is 0 Å². The van der Waals surface area contributed by atoms with E-state index in [9.17, 15) is 26.3 Å². The number of rotatable bonds is 8. The van der Waals surface area contributed by atoms with Crippen LogP contribution in [0.3, 0.4) is 0 Å². The summed E-state index contributed by atoms with van der Waals surface area (Å²) in [6, 6.07) is 8.89. The van der Waals surface area contributed by atoms with Gasteiger partial charge in [0.2, 0.25) is 11.9 Å². The molecule has 0 aliphatic rings. The van der Waals surface area contributed by atoms with Gasteiger partial charge in [0, 0.05) is 17.8 Å². The molecule has 182 valence electrons. The number of halogens is 6. The minimum atomic E-state index is -4.56. The van der Waals surface area contributed by atoms with Gasteiger partial charge in [-0.15, -0.1) is 0 Å². The molecule has 0 atom stereocenters. The van der Waals surface area contributed by atoms with E-state index in [1.54, 1.807) is 0 Å². The average molecular weight is 485 g/mol. The van der Waals surface area contributed by atoms with Gasteiger partial charge in [-0.2, -0.15) is 41.3 Å². The number of alkyl halides is 6. The quantitative estimate of drug-likeness (QED) is 0.365. The molecule has 34 heavy (non-hydrogen) atoms. The molecule has 0 saturated carbocycles. The van der Waals surface area contributed by atoms with Crippen LogP contribution in [0.2, 0.25) is 0 Å². The zero-order chi connectivity index (χ0) is 24.9. The predicted molar refractivity (Wildman–Crippen MR) is 114 cm³/mol. The molecule has 0 bridgehead atoms. The van der Waals surface area contributed by atoms with E-state index in [-0.39, 0.29) is 35.1 Å². The van der Waals surface area contributed by atoms with Crippen LogP contribution >= 0.6 is 0 Å². The first-order chi connectivity index (χ1) is 15.9. The number of hydrogen-bond acceptors (Lipinski definition) is 6. The van der Waals surface area contributed by atoms with Crippen LogP contribution in [-0.2, 0) is 19.0 Å². The van der Waals surface area contributed by atoms with E-state index in [2.05, 4.69) is 25.6 Å². The maximum absolute atomic E-state index is 13.2. The van der Waals surface area contributed by atoms with Gasteiger partial charge in [0.15, 0.2) is 0 Å². The Morgan fingerprint density at radius 2 is 1.47 bits per heavy atom. The number of nitrogens with zero attached hydrogens (tertiary/aromatic N) is 3. The third-order valence-corrected chi connectivity index (χ3v) is 4.43. The van der Waals surface area contributed by atoms with Crippen LogP contribution in [-0.4, -0.2) is 21.5 Å². The first kappa shape index (κ1) is 25.1. The van der Waals surface area contributed by atoms with Gasteiger partial charge in [-0.25, -0.2) is 0 Å². The smallest absolute Gasteiger partial charge is 0.416 e. The molecular weight excluding hydrogens is 464 g/mol. The number of ether oxygens (including phenoxy) is 1. The van der Waals surface area contributed by atoms with Crippen molar-refractivity contribution in [2.24, 2.45) is 5.92 Å². The second-order valence-electron chi connectivity index (χ2n) is 7.68. The van der Waals surface area contributed by atoms with Gasteiger partial charge < -0.3 is 15.4 Å². The Bertz CT molecular complexity index is 1100. The van der Waals surface area contributed by atoms with Crippen LogP contribution < -0.4 is 15.4 Å². The average Bonchev–Trinajstić information content (AvgIpc) is 2.75. The summed E-state index contributed by atoms with van der Waals surface area (Å²) in [6.07, 6.45) is -9.04. The van der Waals surface area contributed by atoms with Crippen molar-refractivity contribution in [3.05, 3.63) is 65.2 Å². The van der Waals surface area contributed by atoms with Crippen LogP contribution in [0.4, 0.5) is 43.9 Å². The molecule has 0 radical (unpaired) electrons. The lowest BCUT2D eigenvalue weighted by Crippen LogP contribution is -2.14. The highest BCUT2D eigenvalue weighted by molar-refractivity contribution is 5.55. The molecule has 0 aliphatic carbocycles. The largest absolute Gasteiger partial charge is 0.458 e. The van der Waals surface area contributed by atoms with Crippen LogP contribution in [0.15, 0.2) is 48.5 Å². The lowest BCUT2D eigenvalue weighted by atomic mass is 10.1. The Labute approximate surface area is 191 Å². The molecule has 3 rings (SSSR count). The van der Waals surface area contributed by atoms with Gasteiger partial charge in [0.05, 0.1) is 11.1 Å². The van der Waals surface area contributed by atoms with Crippen LogP contribution in [0.25, 0.3) is 0 Å². The molecule has 3 aromatic rings. The van der Waals surface area contributed by atoms with Crippen LogP contribution in [0.1, 0.15) is 30.5 Å². The van der Waals surface area contributed by atoms with Crippen molar-refractivity contribution >= 4 is 17.6 Å². The number of aromatic nitrogens is 3. The summed E-state index contributed by atoms with van der Waals surface area (Å²) >= 11 is 0. The summed E-state index contributed by atoms with van der Waals surface area (Å²) in [5.74, 6) is 0.267. The monoisotopic (exact) mass is 485 g/mol. The standard InChI is InChI=1S/C22H21F6N5O/c1-13(2)11-29-18-31-19(30-16-9-7-15(8-10-16)21(23,24)25)33-20(32-18)34-12-14-5-3-4-6-17(14)22(26,27)28/h3-10,13H,11-12H2,1-2H3,(H2,29,30,31,32,33). The SMILES string of the molecule is CC(C)CNc1nc(Nc2ccc(C(F)(F)F)cc2)nc(OCc2ccccc2C(F)(F)F)n1. The highest BCUT2D eigenvalue weighted by atomic mass is 19.4. The molecule has 0 fully saturated rings. The fourth-order valence-corrected chi connectivity index (χ4v) is 2.79. The molecule has 0 saturated heterocycles. The van der Waals surface area contributed by atoms with Gasteiger partial charge in [-0.1, -0.05) is 32.0 Å². The van der Waals surface area contributed by atoms with E-state index in [0.29, 0.717) is 6.54 Å². The fraction of sp³-hybridized carbons (Fsp3) is 0.318. The van der Waals surface area contributed by atoms with Gasteiger partial charge in [-0.3, -0.25) is 0 Å². The first-order valence-electron chi connectivity index (χ1n) is 10.1. The molecule has 0 aliphatic heterocycles. The van der Waals surface area contributed by atoms with E-state index < -0.39 is 30.1 Å². The van der Waals surface area contributed by atoms with Gasteiger partial charge in [0.25, 0.3) is 0 Å². The topological polar surface area (TPSA) is 72.0 Å². The van der Waals surface area contributed by atoms with E-state index in [1.807, 2.05) is 13.8 Å². The second-order valence-corrected chi connectivity index (χ2v) is 7.68. The molecule has 0 unspecified atom stereocenters. The van der Waals surface area contributed by atoms with Crippen molar-refractivity contribution in [1.82, 2.24) is 15.0 Å². The molecule has 2 N–H and O–H groups in total. The molecular formula is C22H21F6N5O. The molecule has 2 aromatic carbocycles. The Kier molecular flexibility index (Phi) is 7.48. The van der Waals surface area contributed by atoms with Crippen LogP contribution in [0, 0.1) is 5.92 Å². The van der Waals surface area contributed by atoms with Crippen LogP contribution in [0.5, 0.6) is 6.01 Å². The molecule has 6 nitrogen and oxygen atoms in total. The Morgan fingerprint density at radius 3 is 2.09 bits per heavy atom. The maximum atomic E-state index is 13.2. The summed E-state index contributed by atoms with van der Waals surface area (Å²) in [6.45, 7) is 3.92. The number of nitrogens with one attached hydrogen (secondary N) is 2. The summed E-state index contributed by atoms with van der Waals surface area (Å²) < 4.78 is 83.5. The van der Waals surface area contributed by atoms with Crippen molar-refractivity contribution in [3.8, 4) is 6.01 Å². The fourth-order valence-electron chi connectivity index (χ4n) is 2.79. The Morgan fingerprint density at radius 1 is 0.824 bits per heavy atom.